The normalized spacial score (nSPS) is 10.2. The largest absolute Gasteiger partial charge is 0.491 e. The van der Waals surface area contributed by atoms with E-state index >= 15 is 0 Å². The fourth-order valence-electron chi connectivity index (χ4n) is 1.41. The summed E-state index contributed by atoms with van der Waals surface area (Å²) < 4.78 is 30.9. The van der Waals surface area contributed by atoms with E-state index in [1.54, 1.807) is 0 Å². The minimum absolute atomic E-state index is 0.0381. The van der Waals surface area contributed by atoms with Gasteiger partial charge < -0.3 is 4.74 Å². The van der Waals surface area contributed by atoms with Crippen LogP contribution < -0.4 is 16.0 Å². The number of ether oxygens (including phenoxy) is 1. The second kappa shape index (κ2) is 7.60. The average Bonchev–Trinajstić information content (AvgIpc) is 2.35. The SMILES string of the molecule is NNC(=O)CCCCCOc1ccc(F)cc1F. The Kier molecular flexibility index (Phi) is 6.07. The van der Waals surface area contributed by atoms with Gasteiger partial charge in [-0.05, 0) is 31.4 Å². The molecular formula is C12H16F2N2O2. The fraction of sp³-hybridized carbons (Fsp3) is 0.417. The van der Waals surface area contributed by atoms with Gasteiger partial charge in [0.05, 0.1) is 6.61 Å². The van der Waals surface area contributed by atoms with Crippen LogP contribution in [0, 0.1) is 11.6 Å². The first kappa shape index (κ1) is 14.4. The van der Waals surface area contributed by atoms with Crippen molar-refractivity contribution >= 4 is 5.91 Å². The molecule has 100 valence electrons. The van der Waals surface area contributed by atoms with E-state index in [4.69, 9.17) is 10.6 Å². The number of rotatable bonds is 7. The number of benzene rings is 1. The van der Waals surface area contributed by atoms with E-state index < -0.39 is 11.6 Å². The molecule has 0 spiro atoms. The zero-order valence-electron chi connectivity index (χ0n) is 9.92. The Morgan fingerprint density at radius 2 is 2.06 bits per heavy atom. The lowest BCUT2D eigenvalue weighted by atomic mass is 10.2. The van der Waals surface area contributed by atoms with Crippen molar-refractivity contribution in [3.8, 4) is 5.75 Å². The first-order chi connectivity index (χ1) is 8.63. The quantitative estimate of drug-likeness (QED) is 0.340. The van der Waals surface area contributed by atoms with Crippen molar-refractivity contribution in [3.63, 3.8) is 0 Å². The van der Waals surface area contributed by atoms with Crippen LogP contribution in [-0.2, 0) is 4.79 Å². The van der Waals surface area contributed by atoms with Gasteiger partial charge in [0.2, 0.25) is 5.91 Å². The molecule has 1 rings (SSSR count). The summed E-state index contributed by atoms with van der Waals surface area (Å²) in [5, 5.41) is 0. The second-order valence-corrected chi connectivity index (χ2v) is 3.80. The molecule has 0 aliphatic carbocycles. The third kappa shape index (κ3) is 5.09. The molecule has 1 aromatic carbocycles. The van der Waals surface area contributed by atoms with Gasteiger partial charge in [-0.15, -0.1) is 0 Å². The van der Waals surface area contributed by atoms with Crippen LogP contribution in [-0.4, -0.2) is 12.5 Å². The summed E-state index contributed by atoms with van der Waals surface area (Å²) in [5.74, 6) is 3.41. The monoisotopic (exact) mass is 258 g/mol. The van der Waals surface area contributed by atoms with Gasteiger partial charge in [-0.25, -0.2) is 14.6 Å². The highest BCUT2D eigenvalue weighted by Crippen LogP contribution is 2.17. The number of nitrogens with one attached hydrogen (secondary N) is 1. The molecule has 0 unspecified atom stereocenters. The summed E-state index contributed by atoms with van der Waals surface area (Å²) in [6.45, 7) is 0.326. The summed E-state index contributed by atoms with van der Waals surface area (Å²) in [5.41, 5.74) is 2.04. The first-order valence-corrected chi connectivity index (χ1v) is 5.71. The Morgan fingerprint density at radius 1 is 1.28 bits per heavy atom. The van der Waals surface area contributed by atoms with E-state index in [2.05, 4.69) is 0 Å². The Bertz CT molecular complexity index is 400. The van der Waals surface area contributed by atoms with Gasteiger partial charge in [0.15, 0.2) is 11.6 Å². The Balaban J connectivity index is 2.16. The minimum atomic E-state index is -0.711. The number of carbonyl (C=O) groups is 1. The molecule has 1 amide bonds. The molecule has 0 saturated carbocycles. The average molecular weight is 258 g/mol. The zero-order valence-corrected chi connectivity index (χ0v) is 9.92. The van der Waals surface area contributed by atoms with Gasteiger partial charge in [0, 0.05) is 12.5 Å². The van der Waals surface area contributed by atoms with Gasteiger partial charge in [-0.3, -0.25) is 10.2 Å². The lowest BCUT2D eigenvalue weighted by molar-refractivity contribution is -0.121. The van der Waals surface area contributed by atoms with Crippen molar-refractivity contribution < 1.29 is 18.3 Å². The number of amides is 1. The van der Waals surface area contributed by atoms with Crippen LogP contribution in [0.25, 0.3) is 0 Å². The molecule has 4 nitrogen and oxygen atoms in total. The van der Waals surface area contributed by atoms with Crippen molar-refractivity contribution in [1.82, 2.24) is 5.43 Å². The van der Waals surface area contributed by atoms with Crippen LogP contribution in [0.4, 0.5) is 8.78 Å². The third-order valence-electron chi connectivity index (χ3n) is 2.36. The lowest BCUT2D eigenvalue weighted by Gasteiger charge is -2.06. The number of unbranched alkanes of at least 4 members (excludes halogenated alkanes) is 2. The van der Waals surface area contributed by atoms with Crippen molar-refractivity contribution in [2.24, 2.45) is 5.84 Å². The van der Waals surface area contributed by atoms with E-state index in [-0.39, 0.29) is 11.7 Å². The maximum absolute atomic E-state index is 13.1. The van der Waals surface area contributed by atoms with Crippen molar-refractivity contribution in [2.75, 3.05) is 6.61 Å². The molecule has 1 aromatic rings. The highest BCUT2D eigenvalue weighted by Gasteiger charge is 2.04. The van der Waals surface area contributed by atoms with Crippen molar-refractivity contribution in [1.29, 1.82) is 0 Å². The van der Waals surface area contributed by atoms with Crippen molar-refractivity contribution in [3.05, 3.63) is 29.8 Å². The topological polar surface area (TPSA) is 64.3 Å². The molecule has 0 heterocycles. The number of hydrogen-bond acceptors (Lipinski definition) is 3. The zero-order chi connectivity index (χ0) is 13.4. The molecular weight excluding hydrogens is 242 g/mol. The predicted molar refractivity (Wildman–Crippen MR) is 62.7 cm³/mol. The van der Waals surface area contributed by atoms with E-state index in [0.717, 1.165) is 18.6 Å². The summed E-state index contributed by atoms with van der Waals surface area (Å²) in [6, 6.07) is 3.18. The summed E-state index contributed by atoms with van der Waals surface area (Å²) in [4.78, 5) is 10.8. The van der Waals surface area contributed by atoms with E-state index in [9.17, 15) is 13.6 Å². The number of hydrazine groups is 1. The lowest BCUT2D eigenvalue weighted by Crippen LogP contribution is -2.29. The van der Waals surface area contributed by atoms with Crippen LogP contribution in [0.1, 0.15) is 25.7 Å². The smallest absolute Gasteiger partial charge is 0.233 e. The highest BCUT2D eigenvalue weighted by atomic mass is 19.1. The Labute approximate surface area is 104 Å². The minimum Gasteiger partial charge on any atom is -0.491 e. The third-order valence-corrected chi connectivity index (χ3v) is 2.36. The number of carbonyl (C=O) groups excluding carboxylic acids is 1. The molecule has 0 atom stereocenters. The maximum atomic E-state index is 13.1. The van der Waals surface area contributed by atoms with E-state index in [1.807, 2.05) is 5.43 Å². The van der Waals surface area contributed by atoms with E-state index in [0.29, 0.717) is 25.9 Å². The van der Waals surface area contributed by atoms with Gasteiger partial charge in [-0.1, -0.05) is 0 Å². The fourth-order valence-corrected chi connectivity index (χ4v) is 1.41. The maximum Gasteiger partial charge on any atom is 0.233 e. The summed E-state index contributed by atoms with van der Waals surface area (Å²) in [6.07, 6.45) is 2.52. The number of halogens is 2. The van der Waals surface area contributed by atoms with Gasteiger partial charge in [-0.2, -0.15) is 0 Å². The highest BCUT2D eigenvalue weighted by molar-refractivity contribution is 5.74. The summed E-state index contributed by atoms with van der Waals surface area (Å²) in [7, 11) is 0. The van der Waals surface area contributed by atoms with Crippen LogP contribution in [0.2, 0.25) is 0 Å². The Hall–Kier alpha value is -1.69. The molecule has 0 saturated heterocycles. The van der Waals surface area contributed by atoms with Gasteiger partial charge >= 0.3 is 0 Å². The van der Waals surface area contributed by atoms with Crippen LogP contribution in [0.3, 0.4) is 0 Å². The molecule has 0 fully saturated rings. The molecule has 18 heavy (non-hydrogen) atoms. The number of hydrogen-bond donors (Lipinski definition) is 2. The number of nitrogens with two attached hydrogens (primary N) is 1. The molecule has 3 N–H and O–H groups in total. The van der Waals surface area contributed by atoms with Gasteiger partial charge in [0.1, 0.15) is 5.82 Å². The second-order valence-electron chi connectivity index (χ2n) is 3.80. The summed E-state index contributed by atoms with van der Waals surface area (Å²) >= 11 is 0. The molecule has 0 bridgehead atoms. The van der Waals surface area contributed by atoms with Crippen LogP contribution >= 0.6 is 0 Å². The molecule has 0 radical (unpaired) electrons. The van der Waals surface area contributed by atoms with Crippen molar-refractivity contribution in [2.45, 2.75) is 25.7 Å². The molecule has 0 aromatic heterocycles. The van der Waals surface area contributed by atoms with Crippen LogP contribution in [0.5, 0.6) is 5.75 Å². The predicted octanol–water partition coefficient (Wildman–Crippen LogP) is 1.89. The van der Waals surface area contributed by atoms with Crippen LogP contribution in [0.15, 0.2) is 18.2 Å². The molecule has 0 aliphatic heterocycles. The first-order valence-electron chi connectivity index (χ1n) is 5.71. The van der Waals surface area contributed by atoms with E-state index in [1.165, 1.54) is 6.07 Å². The van der Waals surface area contributed by atoms with Gasteiger partial charge in [0.25, 0.3) is 0 Å². The standard InChI is InChI=1S/C12H16F2N2O2/c13-9-5-6-11(10(14)8-9)18-7-3-1-2-4-12(17)16-15/h5-6,8H,1-4,7,15H2,(H,16,17). The molecule has 6 heteroatoms. The molecule has 0 aliphatic rings. The Morgan fingerprint density at radius 3 is 2.72 bits per heavy atom.